The van der Waals surface area contributed by atoms with E-state index >= 15 is 0 Å². The Balaban J connectivity index is 1.92. The molecule has 0 spiro atoms. The Morgan fingerprint density at radius 3 is 1.67 bits per heavy atom. The van der Waals surface area contributed by atoms with Crippen LogP contribution in [-0.4, -0.2) is 0 Å². The maximum absolute atomic E-state index is 2.37. The van der Waals surface area contributed by atoms with Crippen molar-refractivity contribution in [2.75, 3.05) is 0 Å². The molecule has 0 heterocycles. The van der Waals surface area contributed by atoms with Crippen molar-refractivity contribution in [2.24, 2.45) is 0 Å². The zero-order valence-electron chi connectivity index (χ0n) is 7.55. The summed E-state index contributed by atoms with van der Waals surface area (Å²) in [6.07, 6.45) is 17.2. The molecule has 0 aromatic carbocycles. The summed E-state index contributed by atoms with van der Waals surface area (Å²) >= 11 is 0. The van der Waals surface area contributed by atoms with E-state index in [-0.39, 0.29) is 0 Å². The third-order valence-corrected chi connectivity index (χ3v) is 2.66. The molecule has 0 radical (unpaired) electrons. The summed E-state index contributed by atoms with van der Waals surface area (Å²) in [6.45, 7) is 0. The molecule has 0 N–H and O–H groups in total. The zero-order valence-corrected chi connectivity index (χ0v) is 7.55. The Hall–Kier alpha value is -0.780. The first-order valence-electron chi connectivity index (χ1n) is 5.01. The van der Waals surface area contributed by atoms with Gasteiger partial charge in [-0.05, 0) is 38.5 Å². The summed E-state index contributed by atoms with van der Waals surface area (Å²) in [5.74, 6) is 0. The van der Waals surface area contributed by atoms with Crippen molar-refractivity contribution in [1.29, 1.82) is 0 Å². The van der Waals surface area contributed by atoms with Crippen LogP contribution in [0.5, 0.6) is 0 Å². The largest absolute Gasteiger partial charge is 0.0813 e. The maximum Gasteiger partial charge on any atom is -0.0279 e. The van der Waals surface area contributed by atoms with E-state index in [1.54, 1.807) is 11.1 Å². The van der Waals surface area contributed by atoms with Crippen LogP contribution < -0.4 is 0 Å². The summed E-state index contributed by atoms with van der Waals surface area (Å²) in [4.78, 5) is 0. The van der Waals surface area contributed by atoms with Crippen LogP contribution in [-0.2, 0) is 0 Å². The van der Waals surface area contributed by atoms with Gasteiger partial charge >= 0.3 is 0 Å². The van der Waals surface area contributed by atoms with E-state index in [2.05, 4.69) is 24.3 Å². The van der Waals surface area contributed by atoms with Gasteiger partial charge in [-0.2, -0.15) is 0 Å². The Bertz CT molecular complexity index is 215. The maximum atomic E-state index is 2.37. The fourth-order valence-electron chi connectivity index (χ4n) is 1.91. The third kappa shape index (κ3) is 1.88. The molecule has 0 fully saturated rings. The van der Waals surface area contributed by atoms with E-state index in [0.717, 1.165) is 0 Å². The van der Waals surface area contributed by atoms with E-state index in [4.69, 9.17) is 0 Å². The van der Waals surface area contributed by atoms with Gasteiger partial charge in [-0.3, -0.25) is 0 Å². The number of hydrogen-bond donors (Lipinski definition) is 0. The SMILES string of the molecule is C1=C(/C=C/C2=CCCC2)CCC1. The van der Waals surface area contributed by atoms with Gasteiger partial charge < -0.3 is 0 Å². The molecular formula is C12H16. The van der Waals surface area contributed by atoms with Crippen molar-refractivity contribution in [1.82, 2.24) is 0 Å². The monoisotopic (exact) mass is 160 g/mol. The highest BCUT2D eigenvalue weighted by atomic mass is 14.1. The van der Waals surface area contributed by atoms with Gasteiger partial charge in [0.25, 0.3) is 0 Å². The lowest BCUT2D eigenvalue weighted by molar-refractivity contribution is 0.911. The number of rotatable bonds is 2. The first kappa shape index (κ1) is 7.85. The lowest BCUT2D eigenvalue weighted by Crippen LogP contribution is -1.72. The fourth-order valence-corrected chi connectivity index (χ4v) is 1.91. The normalized spacial score (nSPS) is 23.3. The van der Waals surface area contributed by atoms with Gasteiger partial charge in [0.2, 0.25) is 0 Å². The van der Waals surface area contributed by atoms with E-state index < -0.39 is 0 Å². The summed E-state index contributed by atoms with van der Waals surface area (Å²) in [5.41, 5.74) is 3.09. The smallest absolute Gasteiger partial charge is 0.0279 e. The zero-order chi connectivity index (χ0) is 8.23. The fraction of sp³-hybridized carbons (Fsp3) is 0.500. The second kappa shape index (κ2) is 3.75. The molecule has 0 atom stereocenters. The average Bonchev–Trinajstić information content (AvgIpc) is 2.74. The van der Waals surface area contributed by atoms with Crippen LogP contribution in [0.3, 0.4) is 0 Å². The topological polar surface area (TPSA) is 0 Å². The molecule has 12 heavy (non-hydrogen) atoms. The Labute approximate surface area is 74.7 Å². The molecule has 2 rings (SSSR count). The van der Waals surface area contributed by atoms with Gasteiger partial charge in [0.15, 0.2) is 0 Å². The summed E-state index contributed by atoms with van der Waals surface area (Å²) < 4.78 is 0. The Morgan fingerprint density at radius 2 is 1.33 bits per heavy atom. The molecule has 0 unspecified atom stereocenters. The molecule has 2 aliphatic carbocycles. The Morgan fingerprint density at radius 1 is 0.833 bits per heavy atom. The van der Waals surface area contributed by atoms with Gasteiger partial charge in [-0.25, -0.2) is 0 Å². The molecular weight excluding hydrogens is 144 g/mol. The molecule has 0 nitrogen and oxygen atoms in total. The first-order valence-corrected chi connectivity index (χ1v) is 5.01. The highest BCUT2D eigenvalue weighted by molar-refractivity contribution is 5.30. The van der Waals surface area contributed by atoms with Gasteiger partial charge in [0.1, 0.15) is 0 Å². The van der Waals surface area contributed by atoms with Crippen molar-refractivity contribution in [3.8, 4) is 0 Å². The van der Waals surface area contributed by atoms with Crippen LogP contribution in [0.1, 0.15) is 38.5 Å². The molecule has 2 aliphatic rings. The quantitative estimate of drug-likeness (QED) is 0.577. The first-order chi connectivity index (χ1) is 5.95. The molecule has 0 heteroatoms. The molecule has 0 aromatic rings. The van der Waals surface area contributed by atoms with E-state index in [1.807, 2.05) is 0 Å². The predicted molar refractivity (Wildman–Crippen MR) is 53.0 cm³/mol. The van der Waals surface area contributed by atoms with Gasteiger partial charge in [0, 0.05) is 0 Å². The highest BCUT2D eigenvalue weighted by Crippen LogP contribution is 2.22. The van der Waals surface area contributed by atoms with Crippen molar-refractivity contribution >= 4 is 0 Å². The third-order valence-electron chi connectivity index (χ3n) is 2.66. The van der Waals surface area contributed by atoms with E-state index in [0.29, 0.717) is 0 Å². The lowest BCUT2D eigenvalue weighted by Gasteiger charge is -1.92. The minimum atomic E-state index is 1.29. The van der Waals surface area contributed by atoms with Crippen molar-refractivity contribution in [3.05, 3.63) is 35.5 Å². The number of allylic oxidation sites excluding steroid dienone is 6. The second-order valence-corrected chi connectivity index (χ2v) is 3.68. The summed E-state index contributed by atoms with van der Waals surface area (Å²) in [6, 6.07) is 0. The van der Waals surface area contributed by atoms with Crippen molar-refractivity contribution < 1.29 is 0 Å². The lowest BCUT2D eigenvalue weighted by atomic mass is 10.1. The van der Waals surface area contributed by atoms with Crippen LogP contribution in [0.15, 0.2) is 35.5 Å². The van der Waals surface area contributed by atoms with Gasteiger partial charge in [-0.1, -0.05) is 35.5 Å². The van der Waals surface area contributed by atoms with Crippen LogP contribution in [0.4, 0.5) is 0 Å². The Kier molecular flexibility index (Phi) is 2.45. The molecule has 0 saturated heterocycles. The molecule has 0 amide bonds. The molecule has 64 valence electrons. The van der Waals surface area contributed by atoms with Crippen LogP contribution in [0.25, 0.3) is 0 Å². The second-order valence-electron chi connectivity index (χ2n) is 3.68. The highest BCUT2D eigenvalue weighted by Gasteiger charge is 2.02. The van der Waals surface area contributed by atoms with E-state index in [1.165, 1.54) is 38.5 Å². The van der Waals surface area contributed by atoms with Gasteiger partial charge in [-0.15, -0.1) is 0 Å². The van der Waals surface area contributed by atoms with Crippen LogP contribution in [0, 0.1) is 0 Å². The minimum absolute atomic E-state index is 1.29. The van der Waals surface area contributed by atoms with Crippen LogP contribution in [0.2, 0.25) is 0 Å². The van der Waals surface area contributed by atoms with Gasteiger partial charge in [0.05, 0.1) is 0 Å². The van der Waals surface area contributed by atoms with Crippen molar-refractivity contribution in [2.45, 2.75) is 38.5 Å². The standard InChI is InChI=1S/C12H16/c1-2-6-11(5-1)9-10-12-7-3-4-8-12/h5,7,9-10H,1-4,6,8H2/b10-9+. The summed E-state index contributed by atoms with van der Waals surface area (Å²) in [5, 5.41) is 0. The molecule has 0 bridgehead atoms. The molecule has 0 saturated carbocycles. The van der Waals surface area contributed by atoms with Crippen molar-refractivity contribution in [3.63, 3.8) is 0 Å². The van der Waals surface area contributed by atoms with Crippen LogP contribution >= 0.6 is 0 Å². The molecule has 0 aliphatic heterocycles. The number of hydrogen-bond acceptors (Lipinski definition) is 0. The molecule has 0 aromatic heterocycles. The average molecular weight is 160 g/mol. The predicted octanol–water partition coefficient (Wildman–Crippen LogP) is 3.76. The van der Waals surface area contributed by atoms with E-state index in [9.17, 15) is 0 Å². The summed E-state index contributed by atoms with van der Waals surface area (Å²) in [7, 11) is 0. The minimum Gasteiger partial charge on any atom is -0.0813 e.